The first-order valence-electron chi connectivity index (χ1n) is 8.18. The Morgan fingerprint density at radius 1 is 1.38 bits per heavy atom. The minimum Gasteiger partial charge on any atom is -0.444 e. The number of fused-ring (bicyclic) bond motifs is 1. The van der Waals surface area contributed by atoms with Crippen LogP contribution in [0.5, 0.6) is 0 Å². The lowest BCUT2D eigenvalue weighted by molar-refractivity contribution is 0.0490. The average molecular weight is 352 g/mol. The molecule has 1 unspecified atom stereocenters. The summed E-state index contributed by atoms with van der Waals surface area (Å²) in [6, 6.07) is 0.0725. The molecule has 3 rings (SSSR count). The second kappa shape index (κ2) is 6.55. The largest absolute Gasteiger partial charge is 0.444 e. The van der Waals surface area contributed by atoms with E-state index in [4.69, 9.17) is 16.3 Å². The molecule has 130 valence electrons. The molecule has 0 saturated heterocycles. The lowest BCUT2D eigenvalue weighted by Gasteiger charge is -2.29. The number of nitrogens with one attached hydrogen (secondary N) is 1. The van der Waals surface area contributed by atoms with Crippen LogP contribution >= 0.6 is 11.6 Å². The van der Waals surface area contributed by atoms with Crippen molar-refractivity contribution in [3.63, 3.8) is 0 Å². The number of carbonyl (C=O) groups excluding carboxylic acids is 1. The number of nitrogens with zero attached hydrogens (tertiary/aromatic N) is 4. The number of ether oxygens (including phenoxy) is 1. The number of amides is 1. The molecule has 2 atom stereocenters. The Labute approximate surface area is 145 Å². The van der Waals surface area contributed by atoms with Crippen molar-refractivity contribution in [1.82, 2.24) is 24.9 Å². The van der Waals surface area contributed by atoms with Crippen LogP contribution in [0.4, 0.5) is 4.79 Å². The predicted octanol–water partition coefficient (Wildman–Crippen LogP) is 3.33. The quantitative estimate of drug-likeness (QED) is 0.897. The molecular formula is C16H22ClN5O2. The van der Waals surface area contributed by atoms with Crippen molar-refractivity contribution >= 4 is 23.3 Å². The van der Waals surface area contributed by atoms with Gasteiger partial charge in [-0.2, -0.15) is 0 Å². The van der Waals surface area contributed by atoms with Crippen molar-refractivity contribution in [2.75, 3.05) is 0 Å². The molecule has 2 aromatic rings. The number of hydrogen-bond donors (Lipinski definition) is 1. The molecule has 2 aromatic heterocycles. The first-order valence-corrected chi connectivity index (χ1v) is 8.56. The molecule has 1 N–H and O–H groups in total. The number of aromatic nitrogens is 4. The van der Waals surface area contributed by atoms with E-state index in [1.165, 1.54) is 0 Å². The normalized spacial score (nSPS) is 21.7. The Bertz CT molecular complexity index is 740. The summed E-state index contributed by atoms with van der Waals surface area (Å²) in [5.41, 5.74) is 0.0712. The Morgan fingerprint density at radius 2 is 2.17 bits per heavy atom. The molecule has 1 amide bonds. The molecule has 24 heavy (non-hydrogen) atoms. The summed E-state index contributed by atoms with van der Waals surface area (Å²) in [4.78, 5) is 16.0. The molecule has 8 heteroatoms. The van der Waals surface area contributed by atoms with Gasteiger partial charge in [-0.15, -0.1) is 10.2 Å². The third-order valence-electron chi connectivity index (χ3n) is 4.07. The van der Waals surface area contributed by atoms with Gasteiger partial charge in [0.05, 0.1) is 0 Å². The summed E-state index contributed by atoms with van der Waals surface area (Å²) in [6.07, 6.45) is 6.86. The maximum atomic E-state index is 12.0. The topological polar surface area (TPSA) is 81.4 Å². The first-order chi connectivity index (χ1) is 11.3. The Morgan fingerprint density at radius 3 is 2.92 bits per heavy atom. The van der Waals surface area contributed by atoms with Crippen LogP contribution in [0.15, 0.2) is 12.4 Å². The third-order valence-corrected chi connectivity index (χ3v) is 4.34. The lowest BCUT2D eigenvalue weighted by Crippen LogP contribution is -2.41. The van der Waals surface area contributed by atoms with Gasteiger partial charge in [0.1, 0.15) is 11.4 Å². The molecule has 0 aliphatic heterocycles. The monoisotopic (exact) mass is 351 g/mol. The van der Waals surface area contributed by atoms with Gasteiger partial charge in [0.2, 0.25) is 0 Å². The maximum absolute atomic E-state index is 12.0. The number of carbonyl (C=O) groups is 1. The summed E-state index contributed by atoms with van der Waals surface area (Å²) >= 11 is 6.06. The highest BCUT2D eigenvalue weighted by Gasteiger charge is 2.29. The zero-order valence-corrected chi connectivity index (χ0v) is 14.9. The third kappa shape index (κ3) is 3.77. The highest BCUT2D eigenvalue weighted by Crippen LogP contribution is 2.32. The summed E-state index contributed by atoms with van der Waals surface area (Å²) < 4.78 is 7.23. The Kier molecular flexibility index (Phi) is 4.62. The van der Waals surface area contributed by atoms with E-state index in [2.05, 4.69) is 20.5 Å². The molecular weight excluding hydrogens is 330 g/mol. The van der Waals surface area contributed by atoms with E-state index in [-0.39, 0.29) is 18.1 Å². The van der Waals surface area contributed by atoms with E-state index >= 15 is 0 Å². The molecule has 7 nitrogen and oxygen atoms in total. The fourth-order valence-corrected chi connectivity index (χ4v) is 3.31. The predicted molar refractivity (Wildman–Crippen MR) is 90.2 cm³/mol. The molecule has 0 aromatic carbocycles. The summed E-state index contributed by atoms with van der Waals surface area (Å²) in [5.74, 6) is 1.08. The maximum Gasteiger partial charge on any atom is 0.407 e. The number of rotatable bonds is 2. The minimum atomic E-state index is -0.495. The first kappa shape index (κ1) is 17.0. The van der Waals surface area contributed by atoms with Crippen LogP contribution in [0.3, 0.4) is 0 Å². The van der Waals surface area contributed by atoms with Crippen LogP contribution in [0.2, 0.25) is 5.15 Å². The minimum absolute atomic E-state index is 0.0725. The fraction of sp³-hybridized carbons (Fsp3) is 0.625. The van der Waals surface area contributed by atoms with Gasteiger partial charge in [0, 0.05) is 24.4 Å². The Balaban J connectivity index is 1.71. The SMILES string of the molecule is CC(C)(C)OC(=O)NC1CCC[C@H](c2nnc3c(Cl)nccn23)C1. The van der Waals surface area contributed by atoms with E-state index in [0.29, 0.717) is 10.8 Å². The molecule has 0 radical (unpaired) electrons. The van der Waals surface area contributed by atoms with Crippen LogP contribution < -0.4 is 5.32 Å². The van der Waals surface area contributed by atoms with Gasteiger partial charge < -0.3 is 10.1 Å². The van der Waals surface area contributed by atoms with Crippen molar-refractivity contribution in [1.29, 1.82) is 0 Å². The van der Waals surface area contributed by atoms with Gasteiger partial charge in [-0.25, -0.2) is 9.78 Å². The zero-order valence-electron chi connectivity index (χ0n) is 14.1. The van der Waals surface area contributed by atoms with E-state index in [9.17, 15) is 4.79 Å². The lowest BCUT2D eigenvalue weighted by atomic mass is 9.85. The smallest absolute Gasteiger partial charge is 0.407 e. The van der Waals surface area contributed by atoms with Crippen LogP contribution in [0.25, 0.3) is 5.65 Å². The van der Waals surface area contributed by atoms with Crippen molar-refractivity contribution in [2.45, 2.75) is 64.0 Å². The highest BCUT2D eigenvalue weighted by atomic mass is 35.5. The van der Waals surface area contributed by atoms with Crippen LogP contribution in [-0.2, 0) is 4.74 Å². The molecule has 2 heterocycles. The number of halogens is 1. The van der Waals surface area contributed by atoms with Gasteiger partial charge in [0.15, 0.2) is 10.8 Å². The van der Waals surface area contributed by atoms with E-state index in [1.54, 1.807) is 6.20 Å². The van der Waals surface area contributed by atoms with Gasteiger partial charge in [0.25, 0.3) is 0 Å². The second-order valence-electron chi connectivity index (χ2n) is 7.18. The van der Waals surface area contributed by atoms with Crippen LogP contribution in [0, 0.1) is 0 Å². The fourth-order valence-electron chi connectivity index (χ4n) is 3.12. The van der Waals surface area contributed by atoms with Gasteiger partial charge in [-0.1, -0.05) is 18.0 Å². The summed E-state index contributed by atoms with van der Waals surface area (Å²) in [7, 11) is 0. The van der Waals surface area contributed by atoms with Crippen LogP contribution in [-0.4, -0.2) is 37.3 Å². The highest BCUT2D eigenvalue weighted by molar-refractivity contribution is 6.32. The zero-order chi connectivity index (χ0) is 17.3. The second-order valence-corrected chi connectivity index (χ2v) is 7.53. The van der Waals surface area contributed by atoms with Crippen molar-refractivity contribution in [3.8, 4) is 0 Å². The Hall–Kier alpha value is -1.89. The van der Waals surface area contributed by atoms with Crippen molar-refractivity contribution < 1.29 is 9.53 Å². The molecule has 1 aliphatic rings. The number of alkyl carbamates (subject to hydrolysis) is 1. The van der Waals surface area contributed by atoms with Crippen LogP contribution in [0.1, 0.15) is 58.2 Å². The average Bonchev–Trinajstić information content (AvgIpc) is 2.91. The molecule has 1 aliphatic carbocycles. The van der Waals surface area contributed by atoms with Crippen molar-refractivity contribution in [3.05, 3.63) is 23.4 Å². The van der Waals surface area contributed by atoms with E-state index in [0.717, 1.165) is 31.5 Å². The summed E-state index contributed by atoms with van der Waals surface area (Å²) in [5, 5.41) is 11.7. The molecule has 0 bridgehead atoms. The number of hydrogen-bond acceptors (Lipinski definition) is 5. The molecule has 0 spiro atoms. The van der Waals surface area contributed by atoms with Gasteiger partial charge >= 0.3 is 6.09 Å². The molecule has 1 fully saturated rings. The van der Waals surface area contributed by atoms with Gasteiger partial charge in [-0.3, -0.25) is 4.40 Å². The summed E-state index contributed by atoms with van der Waals surface area (Å²) in [6.45, 7) is 5.57. The van der Waals surface area contributed by atoms with E-state index < -0.39 is 5.60 Å². The molecule has 1 saturated carbocycles. The van der Waals surface area contributed by atoms with E-state index in [1.807, 2.05) is 31.4 Å². The standard InChI is InChI=1S/C16H22ClN5O2/c1-16(2,3)24-15(23)19-11-6-4-5-10(9-11)13-20-21-14-12(17)18-7-8-22(13)14/h7-8,10-11H,4-6,9H2,1-3H3,(H,19,23)/t10-,11?/m0/s1. The van der Waals surface area contributed by atoms with Gasteiger partial charge in [-0.05, 0) is 40.0 Å². The van der Waals surface area contributed by atoms with Crippen molar-refractivity contribution in [2.24, 2.45) is 0 Å².